The molecule has 1 aliphatic rings. The molecular weight excluding hydrogens is 420 g/mol. The third-order valence-electron chi connectivity index (χ3n) is 5.01. The maximum Gasteiger partial charge on any atom is 0.290 e. The number of fused-ring (bicyclic) bond motifs is 2. The number of hydrogen-bond acceptors (Lipinski definition) is 7. The lowest BCUT2D eigenvalue weighted by Crippen LogP contribution is -2.29. The number of ether oxygens (including phenoxy) is 1. The Kier molecular flexibility index (Phi) is 6.81. The fourth-order valence-corrected chi connectivity index (χ4v) is 4.83. The average molecular weight is 447 g/mol. The van der Waals surface area contributed by atoms with E-state index in [0.717, 1.165) is 36.3 Å². The van der Waals surface area contributed by atoms with Crippen molar-refractivity contribution in [2.45, 2.75) is 11.3 Å². The molecule has 4 rings (SSSR count). The number of hydrogen-bond donors (Lipinski definition) is 1. The lowest BCUT2D eigenvalue weighted by atomic mass is 10.2. The van der Waals surface area contributed by atoms with Crippen LogP contribution in [0, 0.1) is 0 Å². The maximum atomic E-state index is 13.4. The summed E-state index contributed by atoms with van der Waals surface area (Å²) in [6.07, 6.45) is 4.12. The standard InChI is InChI=1S/C20H24N4O3S.CH2O2/c1-22(2)10-8-15-14-24(18-5-4-9-21-20(15)18)28(25,26)16-6-7-17-19(13-16)27-12-11-23(17)3;2-1-3/h4-7,9,13-14H,8,10-12H2,1-3H3;1H,(H,2,3). The van der Waals surface area contributed by atoms with Gasteiger partial charge in [0.15, 0.2) is 0 Å². The Morgan fingerprint density at radius 3 is 2.74 bits per heavy atom. The minimum atomic E-state index is -3.77. The molecule has 2 aromatic heterocycles. The third-order valence-corrected chi connectivity index (χ3v) is 6.68. The van der Waals surface area contributed by atoms with Crippen molar-refractivity contribution in [3.05, 3.63) is 48.3 Å². The second kappa shape index (κ2) is 9.36. The van der Waals surface area contributed by atoms with Crippen LogP contribution in [-0.2, 0) is 21.2 Å². The molecule has 0 spiro atoms. The quantitative estimate of drug-likeness (QED) is 0.593. The molecule has 10 heteroatoms. The highest BCUT2D eigenvalue weighted by Crippen LogP contribution is 2.34. The van der Waals surface area contributed by atoms with Crippen LogP contribution < -0.4 is 9.64 Å². The highest BCUT2D eigenvalue weighted by Gasteiger charge is 2.24. The topological polar surface area (TPSA) is 105 Å². The van der Waals surface area contributed by atoms with Crippen molar-refractivity contribution in [1.29, 1.82) is 0 Å². The average Bonchev–Trinajstić information content (AvgIpc) is 3.12. The van der Waals surface area contributed by atoms with Crippen molar-refractivity contribution in [3.8, 4) is 5.75 Å². The molecule has 0 unspecified atom stereocenters. The summed E-state index contributed by atoms with van der Waals surface area (Å²) < 4.78 is 33.9. The van der Waals surface area contributed by atoms with Crippen molar-refractivity contribution in [2.75, 3.05) is 45.7 Å². The monoisotopic (exact) mass is 446 g/mol. The first-order chi connectivity index (χ1) is 14.8. The molecule has 0 saturated heterocycles. The van der Waals surface area contributed by atoms with E-state index in [1.165, 1.54) is 3.97 Å². The van der Waals surface area contributed by atoms with Gasteiger partial charge in [0.05, 0.1) is 28.2 Å². The Morgan fingerprint density at radius 1 is 1.29 bits per heavy atom. The SMILES string of the molecule is CN(C)CCc1cn(S(=O)(=O)c2ccc3c(c2)OCCN3C)c2cccnc12.O=CO. The van der Waals surface area contributed by atoms with E-state index >= 15 is 0 Å². The first-order valence-electron chi connectivity index (χ1n) is 9.70. The van der Waals surface area contributed by atoms with Crippen molar-refractivity contribution >= 4 is 33.2 Å². The fraction of sp³-hybridized carbons (Fsp3) is 0.333. The van der Waals surface area contributed by atoms with Crippen molar-refractivity contribution < 1.29 is 23.1 Å². The molecule has 0 fully saturated rings. The molecule has 1 aromatic carbocycles. The largest absolute Gasteiger partial charge is 0.490 e. The lowest BCUT2D eigenvalue weighted by Gasteiger charge is -2.27. The molecule has 9 nitrogen and oxygen atoms in total. The van der Waals surface area contributed by atoms with Crippen molar-refractivity contribution in [1.82, 2.24) is 13.9 Å². The van der Waals surface area contributed by atoms with Gasteiger partial charge in [-0.3, -0.25) is 9.78 Å². The van der Waals surface area contributed by atoms with Crippen LogP contribution in [0.4, 0.5) is 5.69 Å². The highest BCUT2D eigenvalue weighted by molar-refractivity contribution is 7.90. The zero-order valence-corrected chi connectivity index (χ0v) is 18.5. The number of pyridine rings is 1. The number of carbonyl (C=O) groups is 1. The molecule has 166 valence electrons. The van der Waals surface area contributed by atoms with Gasteiger partial charge in [-0.05, 0) is 50.3 Å². The molecule has 0 bridgehead atoms. The van der Waals surface area contributed by atoms with Crippen molar-refractivity contribution in [3.63, 3.8) is 0 Å². The minimum absolute atomic E-state index is 0.210. The van der Waals surface area contributed by atoms with E-state index < -0.39 is 10.0 Å². The number of carboxylic acid groups (broad SMARTS) is 1. The molecule has 0 amide bonds. The van der Waals surface area contributed by atoms with Gasteiger partial charge in [0.25, 0.3) is 16.5 Å². The first-order valence-corrected chi connectivity index (χ1v) is 11.1. The van der Waals surface area contributed by atoms with E-state index in [1.807, 2.05) is 21.1 Å². The van der Waals surface area contributed by atoms with Crippen LogP contribution in [0.15, 0.2) is 47.6 Å². The Labute approximate surface area is 181 Å². The number of anilines is 1. The van der Waals surface area contributed by atoms with E-state index in [-0.39, 0.29) is 11.4 Å². The molecule has 3 heterocycles. The summed E-state index contributed by atoms with van der Waals surface area (Å²) in [6.45, 7) is 1.88. The minimum Gasteiger partial charge on any atom is -0.490 e. The molecule has 0 saturated carbocycles. The highest BCUT2D eigenvalue weighted by atomic mass is 32.2. The van der Waals surface area contributed by atoms with Crippen LogP contribution in [-0.4, -0.2) is 74.7 Å². The summed E-state index contributed by atoms with van der Waals surface area (Å²) in [6, 6.07) is 8.61. The summed E-state index contributed by atoms with van der Waals surface area (Å²) in [5, 5.41) is 6.89. The summed E-state index contributed by atoms with van der Waals surface area (Å²) in [4.78, 5) is 17.1. The number of likely N-dealkylation sites (N-methyl/N-ethyl adjacent to an activating group) is 2. The van der Waals surface area contributed by atoms with E-state index in [4.69, 9.17) is 14.6 Å². The normalized spacial score (nSPS) is 13.4. The van der Waals surface area contributed by atoms with E-state index in [9.17, 15) is 8.42 Å². The molecular formula is C21H26N4O5S. The van der Waals surface area contributed by atoms with Crippen molar-refractivity contribution in [2.24, 2.45) is 0 Å². The smallest absolute Gasteiger partial charge is 0.290 e. The van der Waals surface area contributed by atoms with Gasteiger partial charge in [0, 0.05) is 32.1 Å². The predicted octanol–water partition coefficient (Wildman–Crippen LogP) is 1.91. The molecule has 3 aromatic rings. The van der Waals surface area contributed by atoms with E-state index in [1.54, 1.807) is 42.7 Å². The summed E-state index contributed by atoms with van der Waals surface area (Å²) in [5.41, 5.74) is 3.13. The summed E-state index contributed by atoms with van der Waals surface area (Å²) >= 11 is 0. The summed E-state index contributed by atoms with van der Waals surface area (Å²) in [7, 11) is 2.19. The first kappa shape index (κ1) is 22.6. The van der Waals surface area contributed by atoms with Crippen LogP contribution in [0.3, 0.4) is 0 Å². The van der Waals surface area contributed by atoms with E-state index in [2.05, 4.69) is 14.8 Å². The van der Waals surface area contributed by atoms with Crippen LogP contribution in [0.1, 0.15) is 5.56 Å². The molecule has 1 aliphatic heterocycles. The van der Waals surface area contributed by atoms with E-state index in [0.29, 0.717) is 17.9 Å². The molecule has 0 atom stereocenters. The van der Waals surface area contributed by atoms with Gasteiger partial charge in [-0.1, -0.05) is 0 Å². The molecule has 0 radical (unpaired) electrons. The number of aromatic nitrogens is 2. The Balaban J connectivity index is 0.000000858. The van der Waals surface area contributed by atoms with Crippen LogP contribution >= 0.6 is 0 Å². The second-order valence-electron chi connectivity index (χ2n) is 7.38. The van der Waals surface area contributed by atoms with Gasteiger partial charge in [-0.15, -0.1) is 0 Å². The Hall–Kier alpha value is -3.11. The van der Waals surface area contributed by atoms with Gasteiger partial charge >= 0.3 is 0 Å². The number of rotatable bonds is 5. The summed E-state index contributed by atoms with van der Waals surface area (Å²) in [5.74, 6) is 0.595. The Morgan fingerprint density at radius 2 is 2.03 bits per heavy atom. The zero-order chi connectivity index (χ0) is 22.6. The fourth-order valence-electron chi connectivity index (χ4n) is 3.43. The third kappa shape index (κ3) is 4.64. The number of nitrogens with zero attached hydrogens (tertiary/aromatic N) is 4. The predicted molar refractivity (Wildman–Crippen MR) is 118 cm³/mol. The van der Waals surface area contributed by atoms with Crippen LogP contribution in [0.2, 0.25) is 0 Å². The van der Waals surface area contributed by atoms with Crippen LogP contribution in [0.25, 0.3) is 11.0 Å². The molecule has 0 aliphatic carbocycles. The van der Waals surface area contributed by atoms with Gasteiger partial charge in [0.1, 0.15) is 12.4 Å². The molecule has 1 N–H and O–H groups in total. The number of benzene rings is 1. The van der Waals surface area contributed by atoms with Gasteiger partial charge in [0.2, 0.25) is 0 Å². The van der Waals surface area contributed by atoms with Crippen LogP contribution in [0.5, 0.6) is 5.75 Å². The maximum absolute atomic E-state index is 13.4. The second-order valence-corrected chi connectivity index (χ2v) is 9.20. The van der Waals surface area contributed by atoms with Gasteiger partial charge in [-0.2, -0.15) is 0 Å². The lowest BCUT2D eigenvalue weighted by molar-refractivity contribution is -0.122. The Bertz CT molecular complexity index is 1170. The van der Waals surface area contributed by atoms with Gasteiger partial charge in [-0.25, -0.2) is 12.4 Å². The zero-order valence-electron chi connectivity index (χ0n) is 17.7. The van der Waals surface area contributed by atoms with Gasteiger partial charge < -0.3 is 19.6 Å². The molecule has 31 heavy (non-hydrogen) atoms.